The van der Waals surface area contributed by atoms with Crippen molar-refractivity contribution in [3.05, 3.63) is 64.7 Å². The number of nitrogens with zero attached hydrogens (tertiary/aromatic N) is 3. The largest absolute Gasteiger partial charge is 0.343 e. The van der Waals surface area contributed by atoms with Gasteiger partial charge < -0.3 is 14.7 Å². The number of rotatable bonds is 8. The molecular weight excluding hydrogens is 469 g/mol. The minimum atomic E-state index is -0.0468. The third-order valence-corrected chi connectivity index (χ3v) is 8.36. The number of piperidine rings is 2. The van der Waals surface area contributed by atoms with Crippen molar-refractivity contribution in [3.63, 3.8) is 0 Å². The van der Waals surface area contributed by atoms with Crippen molar-refractivity contribution < 1.29 is 9.59 Å². The predicted octanol–water partition coefficient (Wildman–Crippen LogP) is 5.58. The van der Waals surface area contributed by atoms with Crippen molar-refractivity contribution in [1.29, 1.82) is 0 Å². The van der Waals surface area contributed by atoms with Crippen LogP contribution in [-0.4, -0.2) is 60.9 Å². The smallest absolute Gasteiger partial charge is 0.230 e. The van der Waals surface area contributed by atoms with Crippen molar-refractivity contribution >= 4 is 29.1 Å². The van der Waals surface area contributed by atoms with Crippen LogP contribution >= 0.6 is 11.6 Å². The second kappa shape index (κ2) is 12.7. The van der Waals surface area contributed by atoms with Gasteiger partial charge >= 0.3 is 0 Å². The molecule has 2 aromatic carbocycles. The van der Waals surface area contributed by atoms with Gasteiger partial charge in [-0.2, -0.15) is 0 Å². The maximum Gasteiger partial charge on any atom is 0.230 e. The number of hydrogen-bond donors (Lipinski definition) is 0. The Labute approximate surface area is 221 Å². The number of aryl methyl sites for hydroxylation is 1. The monoisotopic (exact) mass is 508 g/mol. The van der Waals surface area contributed by atoms with Crippen molar-refractivity contribution in [2.75, 3.05) is 44.2 Å². The topological polar surface area (TPSA) is 43.9 Å². The van der Waals surface area contributed by atoms with E-state index in [0.29, 0.717) is 24.7 Å². The Bertz CT molecular complexity index is 1010. The summed E-state index contributed by atoms with van der Waals surface area (Å²) in [6, 6.07) is 16.7. The van der Waals surface area contributed by atoms with E-state index in [4.69, 9.17) is 11.6 Å². The quantitative estimate of drug-likeness (QED) is 0.467. The van der Waals surface area contributed by atoms with Gasteiger partial charge in [-0.05, 0) is 94.3 Å². The predicted molar refractivity (Wildman–Crippen MR) is 147 cm³/mol. The summed E-state index contributed by atoms with van der Waals surface area (Å²) < 4.78 is 0. The van der Waals surface area contributed by atoms with Crippen LogP contribution in [0.25, 0.3) is 0 Å². The molecule has 0 radical (unpaired) electrons. The van der Waals surface area contributed by atoms with Gasteiger partial charge in [0.15, 0.2) is 0 Å². The number of amides is 2. The normalized spacial score (nSPS) is 17.8. The van der Waals surface area contributed by atoms with Gasteiger partial charge in [0.25, 0.3) is 0 Å². The summed E-state index contributed by atoms with van der Waals surface area (Å²) in [7, 11) is 0. The van der Waals surface area contributed by atoms with Crippen LogP contribution in [0.1, 0.15) is 50.2 Å². The molecule has 0 unspecified atom stereocenters. The van der Waals surface area contributed by atoms with Crippen LogP contribution in [0.2, 0.25) is 5.02 Å². The average Bonchev–Trinajstić information content (AvgIpc) is 2.89. The van der Waals surface area contributed by atoms with E-state index in [9.17, 15) is 9.59 Å². The molecule has 2 aromatic rings. The highest BCUT2D eigenvalue weighted by Crippen LogP contribution is 2.28. The third kappa shape index (κ3) is 7.10. The molecular formula is C30H40ClN3O2. The van der Waals surface area contributed by atoms with Crippen molar-refractivity contribution in [2.24, 2.45) is 11.8 Å². The molecule has 0 atom stereocenters. The van der Waals surface area contributed by atoms with E-state index in [1.165, 1.54) is 24.8 Å². The van der Waals surface area contributed by atoms with E-state index < -0.39 is 0 Å². The molecule has 2 heterocycles. The van der Waals surface area contributed by atoms with Gasteiger partial charge in [0.05, 0.1) is 0 Å². The Morgan fingerprint density at radius 3 is 2.31 bits per heavy atom. The third-order valence-electron chi connectivity index (χ3n) is 7.95. The van der Waals surface area contributed by atoms with E-state index in [1.54, 1.807) is 6.92 Å². The minimum Gasteiger partial charge on any atom is -0.343 e. The molecule has 6 heteroatoms. The number of halogens is 1. The molecule has 0 aliphatic carbocycles. The fraction of sp³-hybridized carbons (Fsp3) is 0.533. The van der Waals surface area contributed by atoms with Gasteiger partial charge in [0.1, 0.15) is 0 Å². The van der Waals surface area contributed by atoms with Crippen LogP contribution in [0.3, 0.4) is 0 Å². The molecule has 36 heavy (non-hydrogen) atoms. The lowest BCUT2D eigenvalue weighted by atomic mass is 9.72. The Balaban J connectivity index is 1.31. The Morgan fingerprint density at radius 1 is 0.972 bits per heavy atom. The lowest BCUT2D eigenvalue weighted by Gasteiger charge is -2.35. The van der Waals surface area contributed by atoms with Gasteiger partial charge in [-0.15, -0.1) is 0 Å². The number of hydrogen-bond acceptors (Lipinski definition) is 3. The summed E-state index contributed by atoms with van der Waals surface area (Å²) >= 11 is 6.44. The zero-order valence-electron chi connectivity index (χ0n) is 21.8. The summed E-state index contributed by atoms with van der Waals surface area (Å²) in [5, 5.41) is 0.692. The van der Waals surface area contributed by atoms with Crippen molar-refractivity contribution in [2.45, 2.75) is 52.4 Å². The van der Waals surface area contributed by atoms with Gasteiger partial charge in [0, 0.05) is 43.2 Å². The maximum absolute atomic E-state index is 13.6. The standard InChI is InChI=1S/C30H40ClN3O2/c1-23-9-10-28(22-29(23)31)34(30(36)27-13-19-33(20-14-27)24(2)35)16-6-15-32-17-11-26(12-18-32)21-25-7-4-3-5-8-25/h3-5,7-10,22,26-27H,6,11-21H2,1-2H3/i30-1. The number of benzene rings is 2. The van der Waals surface area contributed by atoms with E-state index in [-0.39, 0.29) is 17.7 Å². The molecule has 5 nitrogen and oxygen atoms in total. The second-order valence-corrected chi connectivity index (χ2v) is 10.9. The second-order valence-electron chi connectivity index (χ2n) is 10.5. The lowest BCUT2D eigenvalue weighted by molar-refractivity contribution is -0.133. The lowest BCUT2D eigenvalue weighted by Crippen LogP contribution is -2.45. The first kappa shape index (κ1) is 26.7. The molecule has 0 spiro atoms. The number of anilines is 1. The highest BCUT2D eigenvalue weighted by Gasteiger charge is 2.30. The zero-order chi connectivity index (χ0) is 25.5. The highest BCUT2D eigenvalue weighted by molar-refractivity contribution is 6.31. The number of likely N-dealkylation sites (tertiary alicyclic amines) is 2. The minimum absolute atomic E-state index is 0.0468. The van der Waals surface area contributed by atoms with Crippen LogP contribution < -0.4 is 4.90 Å². The first-order valence-corrected chi connectivity index (χ1v) is 13.9. The number of carbonyl (C=O) groups excluding carboxylic acids is 2. The van der Waals surface area contributed by atoms with Crippen LogP contribution in [0, 0.1) is 18.8 Å². The van der Waals surface area contributed by atoms with E-state index in [1.807, 2.05) is 34.9 Å². The highest BCUT2D eigenvalue weighted by atomic mass is 35.5. The zero-order valence-corrected chi connectivity index (χ0v) is 22.6. The van der Waals surface area contributed by atoms with Crippen molar-refractivity contribution in [3.8, 4) is 0 Å². The molecule has 0 N–H and O–H groups in total. The van der Waals surface area contributed by atoms with Crippen molar-refractivity contribution in [1.82, 2.24) is 9.80 Å². The van der Waals surface area contributed by atoms with Gasteiger partial charge in [-0.3, -0.25) is 9.59 Å². The number of carbonyl (C=O) groups is 2. The Hall–Kier alpha value is -2.37. The summed E-state index contributed by atoms with van der Waals surface area (Å²) in [5.74, 6) is 0.974. The SMILES string of the molecule is CC(=O)N1CCC([11C](=O)N(CCCN2CCC(Cc3ccccc3)CC2)c2ccc(C)c(Cl)c2)CC1. The molecule has 2 saturated heterocycles. The molecule has 194 valence electrons. The fourth-order valence-electron chi connectivity index (χ4n) is 5.59. The molecule has 0 aromatic heterocycles. The van der Waals surface area contributed by atoms with Gasteiger partial charge in [-0.1, -0.05) is 48.0 Å². The molecule has 2 aliphatic heterocycles. The Morgan fingerprint density at radius 2 is 1.67 bits per heavy atom. The first-order valence-electron chi connectivity index (χ1n) is 13.5. The molecule has 2 aliphatic rings. The summed E-state index contributed by atoms with van der Waals surface area (Å²) in [5.41, 5.74) is 3.34. The van der Waals surface area contributed by atoms with Crippen LogP contribution in [0.5, 0.6) is 0 Å². The molecule has 2 amide bonds. The molecule has 0 bridgehead atoms. The summed E-state index contributed by atoms with van der Waals surface area (Å²) in [6.07, 6.45) is 6.03. The van der Waals surface area contributed by atoms with Crippen LogP contribution in [0.15, 0.2) is 48.5 Å². The van der Waals surface area contributed by atoms with E-state index in [2.05, 4.69) is 35.2 Å². The van der Waals surface area contributed by atoms with Gasteiger partial charge in [0.2, 0.25) is 11.8 Å². The van der Waals surface area contributed by atoms with Crippen LogP contribution in [0.4, 0.5) is 5.69 Å². The maximum atomic E-state index is 13.6. The van der Waals surface area contributed by atoms with Crippen LogP contribution in [-0.2, 0) is 16.0 Å². The molecule has 0 saturated carbocycles. The van der Waals surface area contributed by atoms with E-state index in [0.717, 1.165) is 56.1 Å². The fourth-order valence-corrected chi connectivity index (χ4v) is 5.77. The van der Waals surface area contributed by atoms with E-state index >= 15 is 0 Å². The Kier molecular flexibility index (Phi) is 9.44. The first-order chi connectivity index (χ1) is 17.4. The molecule has 4 rings (SSSR count). The summed E-state index contributed by atoms with van der Waals surface area (Å²) in [6.45, 7) is 8.86. The average molecular weight is 509 g/mol. The molecule has 2 fully saturated rings. The summed E-state index contributed by atoms with van der Waals surface area (Å²) in [4.78, 5) is 31.7. The van der Waals surface area contributed by atoms with Gasteiger partial charge in [-0.25, -0.2) is 0 Å².